The van der Waals surface area contributed by atoms with Crippen LogP contribution in [0.3, 0.4) is 0 Å². The van der Waals surface area contributed by atoms with E-state index in [9.17, 15) is 0 Å². The molecule has 0 fully saturated rings. The highest BCUT2D eigenvalue weighted by atomic mass is 15.1. The molecule has 0 N–H and O–H groups in total. The summed E-state index contributed by atoms with van der Waals surface area (Å²) in [4.78, 5) is 2.44. The average Bonchev–Trinajstić information content (AvgIpc) is 3.54. The maximum atomic E-state index is 4.86. The van der Waals surface area contributed by atoms with E-state index >= 15 is 0 Å². The zero-order valence-corrected chi connectivity index (χ0v) is 36.9. The second kappa shape index (κ2) is 14.9. The van der Waals surface area contributed by atoms with Gasteiger partial charge in [-0.15, -0.1) is 0 Å². The summed E-state index contributed by atoms with van der Waals surface area (Å²) in [6.45, 7) is 16.6. The van der Waals surface area contributed by atoms with E-state index < -0.39 is 0 Å². The molecule has 1 heteroatoms. The minimum atomic E-state index is -0.0277. The van der Waals surface area contributed by atoms with E-state index in [0.29, 0.717) is 11.8 Å². The van der Waals surface area contributed by atoms with Crippen molar-refractivity contribution >= 4 is 49.8 Å². The molecule has 304 valence electrons. The summed E-state index contributed by atoms with van der Waals surface area (Å²) in [7, 11) is 0. The van der Waals surface area contributed by atoms with Gasteiger partial charge in [0.25, 0.3) is 0 Å². The van der Waals surface area contributed by atoms with Gasteiger partial charge in [0.05, 0.1) is 0 Å². The number of nitrogens with zero attached hydrogens (tertiary/aromatic N) is 1. The minimum Gasteiger partial charge on any atom is -0.310 e. The molecule has 0 bridgehead atoms. The van der Waals surface area contributed by atoms with Gasteiger partial charge in [-0.25, -0.2) is 0 Å². The number of rotatable bonds is 7. The first-order chi connectivity index (χ1) is 30.2. The molecule has 2 atom stereocenters. The molecule has 0 heterocycles. The molecule has 0 amide bonds. The lowest BCUT2D eigenvalue weighted by Gasteiger charge is -2.39. The third-order valence-corrected chi connectivity index (χ3v) is 15.0. The van der Waals surface area contributed by atoms with Crippen molar-refractivity contribution in [1.29, 1.82) is 0 Å². The molecular formula is C61H55N. The maximum absolute atomic E-state index is 4.86. The first-order valence-corrected chi connectivity index (χ1v) is 22.8. The Morgan fingerprint density at radius 1 is 0.710 bits per heavy atom. The van der Waals surface area contributed by atoms with Crippen LogP contribution in [0.25, 0.3) is 32.7 Å². The number of aryl methyl sites for hydroxylation is 2. The van der Waals surface area contributed by atoms with Crippen LogP contribution in [0.4, 0.5) is 17.1 Å². The van der Waals surface area contributed by atoms with Crippen LogP contribution in [0.1, 0.15) is 80.3 Å². The van der Waals surface area contributed by atoms with Crippen LogP contribution >= 0.6 is 0 Å². The summed E-state index contributed by atoms with van der Waals surface area (Å²) >= 11 is 0. The van der Waals surface area contributed by atoms with Gasteiger partial charge in [0, 0.05) is 34.3 Å². The van der Waals surface area contributed by atoms with Gasteiger partial charge in [-0.3, -0.25) is 0 Å². The molecule has 0 saturated carbocycles. The highest BCUT2D eigenvalue weighted by Crippen LogP contribution is 2.57. The van der Waals surface area contributed by atoms with Crippen molar-refractivity contribution in [2.75, 3.05) is 4.90 Å². The summed E-state index contributed by atoms with van der Waals surface area (Å²) < 4.78 is 0. The predicted octanol–water partition coefficient (Wildman–Crippen LogP) is 16.3. The number of hydrogen-bond acceptors (Lipinski definition) is 1. The molecule has 2 unspecified atom stereocenters. The van der Waals surface area contributed by atoms with E-state index in [1.54, 1.807) is 11.1 Å². The molecule has 0 saturated heterocycles. The molecule has 6 aromatic carbocycles. The standard InChI is InChI=1S/C61H55N/c1-7-48(49-32-27-44-28-34-54-53-19-13-14-20-58(53)61(5,6)60(54)59(44)40(49)4)39(3)35-55-38(2)21-31-52-51(55)33-26-43-25-30-47(37-57(43)52)62(45-16-9-8-10-17-45)46-29-24-42-23-22-41-15-11-12-18-50(41)56(42)36-46/h7-10,12-14,16-21,24-34,36-37,44,59H,3,11,15,22-23,35H2,1-2,4-6H3/b48-7-. The number of benzene rings is 6. The fraction of sp³-hybridized carbons (Fsp3) is 0.213. The molecule has 1 nitrogen and oxygen atoms in total. The quantitative estimate of drug-likeness (QED) is 0.115. The van der Waals surface area contributed by atoms with Crippen LogP contribution in [-0.2, 0) is 18.3 Å². The monoisotopic (exact) mass is 801 g/mol. The smallest absolute Gasteiger partial charge is 0.0468 e. The summed E-state index contributed by atoms with van der Waals surface area (Å²) in [5.41, 5.74) is 23.1. The number of allylic oxidation sites excluding steroid dienone is 15. The van der Waals surface area contributed by atoms with E-state index in [0.717, 1.165) is 36.2 Å². The lowest BCUT2D eigenvalue weighted by molar-refractivity contribution is 0.490. The van der Waals surface area contributed by atoms with Crippen molar-refractivity contribution in [2.45, 2.75) is 72.1 Å². The van der Waals surface area contributed by atoms with Crippen molar-refractivity contribution in [1.82, 2.24) is 0 Å². The first kappa shape index (κ1) is 38.5. The zero-order valence-electron chi connectivity index (χ0n) is 36.9. The Kier molecular flexibility index (Phi) is 9.24. The lowest BCUT2D eigenvalue weighted by atomic mass is 9.64. The molecule has 11 rings (SSSR count). The Morgan fingerprint density at radius 2 is 1.47 bits per heavy atom. The van der Waals surface area contributed by atoms with E-state index in [4.69, 9.17) is 6.58 Å². The SMILES string of the molecule is C=C(Cc1c(C)ccc2c1ccc1ccc(N(c3ccccc3)c3ccc4c(c3)C3=C(CCC=C3)CC4)cc12)/C(=C/C)C1=C(C)C2C3=C(C=CC2C=C1)c1ccccc1C3(C)C. The van der Waals surface area contributed by atoms with Gasteiger partial charge in [-0.05, 0) is 178 Å². The van der Waals surface area contributed by atoms with E-state index in [1.165, 1.54) is 101 Å². The van der Waals surface area contributed by atoms with Crippen LogP contribution in [0.2, 0.25) is 0 Å². The summed E-state index contributed by atoms with van der Waals surface area (Å²) in [6.07, 6.45) is 22.1. The number of para-hydroxylation sites is 1. The molecular weight excluding hydrogens is 747 g/mol. The van der Waals surface area contributed by atoms with Crippen LogP contribution in [0.15, 0.2) is 198 Å². The Hall–Kier alpha value is -6.44. The minimum absolute atomic E-state index is 0.0277. The number of fused-ring (bicyclic) bond motifs is 9. The lowest BCUT2D eigenvalue weighted by Crippen LogP contribution is -2.30. The van der Waals surface area contributed by atoms with Gasteiger partial charge in [0.1, 0.15) is 0 Å². The summed E-state index contributed by atoms with van der Waals surface area (Å²) in [5.74, 6) is 0.690. The normalized spacial score (nSPS) is 19.7. The van der Waals surface area contributed by atoms with Crippen molar-refractivity contribution < 1.29 is 0 Å². The van der Waals surface area contributed by atoms with Crippen LogP contribution in [0, 0.1) is 18.8 Å². The molecule has 5 aliphatic carbocycles. The van der Waals surface area contributed by atoms with Crippen LogP contribution < -0.4 is 4.90 Å². The molecule has 0 spiro atoms. The number of anilines is 3. The van der Waals surface area contributed by atoms with Gasteiger partial charge in [0.15, 0.2) is 0 Å². The maximum Gasteiger partial charge on any atom is 0.0468 e. The van der Waals surface area contributed by atoms with Gasteiger partial charge >= 0.3 is 0 Å². The Bertz CT molecular complexity index is 3110. The molecule has 0 radical (unpaired) electrons. The van der Waals surface area contributed by atoms with Crippen molar-refractivity contribution in [3.63, 3.8) is 0 Å². The zero-order chi connectivity index (χ0) is 42.3. The Labute approximate surface area is 368 Å². The molecule has 0 aliphatic heterocycles. The number of hydrogen-bond donors (Lipinski definition) is 0. The average molecular weight is 802 g/mol. The van der Waals surface area contributed by atoms with Crippen molar-refractivity contribution in [2.24, 2.45) is 11.8 Å². The fourth-order valence-corrected chi connectivity index (χ4v) is 11.9. The highest BCUT2D eigenvalue weighted by Gasteiger charge is 2.45. The van der Waals surface area contributed by atoms with E-state index in [1.807, 2.05) is 0 Å². The topological polar surface area (TPSA) is 3.24 Å². The molecule has 62 heavy (non-hydrogen) atoms. The second-order valence-electron chi connectivity index (χ2n) is 18.7. The Morgan fingerprint density at radius 3 is 2.32 bits per heavy atom. The van der Waals surface area contributed by atoms with Gasteiger partial charge in [-0.2, -0.15) is 0 Å². The summed E-state index contributed by atoms with van der Waals surface area (Å²) in [5, 5.41) is 5.11. The third-order valence-electron chi connectivity index (χ3n) is 15.0. The van der Waals surface area contributed by atoms with Gasteiger partial charge < -0.3 is 4.90 Å². The highest BCUT2D eigenvalue weighted by molar-refractivity contribution is 6.10. The summed E-state index contributed by atoms with van der Waals surface area (Å²) in [6, 6.07) is 43.4. The van der Waals surface area contributed by atoms with E-state index in [-0.39, 0.29) is 5.41 Å². The van der Waals surface area contributed by atoms with Gasteiger partial charge in [0.2, 0.25) is 0 Å². The predicted molar refractivity (Wildman–Crippen MR) is 265 cm³/mol. The van der Waals surface area contributed by atoms with E-state index in [2.05, 4.69) is 197 Å². The van der Waals surface area contributed by atoms with Crippen LogP contribution in [0.5, 0.6) is 0 Å². The second-order valence-corrected chi connectivity index (χ2v) is 18.7. The molecule has 0 aromatic heterocycles. The third kappa shape index (κ3) is 6.04. The Balaban J connectivity index is 0.964. The van der Waals surface area contributed by atoms with Crippen molar-refractivity contribution in [3.8, 4) is 0 Å². The largest absolute Gasteiger partial charge is 0.310 e. The molecule has 6 aromatic rings. The molecule has 5 aliphatic rings. The van der Waals surface area contributed by atoms with Crippen molar-refractivity contribution in [3.05, 3.63) is 231 Å². The van der Waals surface area contributed by atoms with Gasteiger partial charge in [-0.1, -0.05) is 153 Å². The fourth-order valence-electron chi connectivity index (χ4n) is 11.9. The van der Waals surface area contributed by atoms with Crippen LogP contribution in [-0.4, -0.2) is 0 Å². The first-order valence-electron chi connectivity index (χ1n) is 22.8.